The van der Waals surface area contributed by atoms with Crippen LogP contribution in [0, 0.1) is 0 Å². The molecular weight excluding hydrogens is 301 g/mol. The standard InChI is InChI=1S/C12H10ClF3O4/c1-19-9-5-8(13)4-7(2-3-10(17)18)11(9)20-6-12(14,15)16/h2-5H,6H2,1H3,(H,17,18)/b3-2+. The number of aliphatic carboxylic acids is 1. The SMILES string of the molecule is COc1cc(Cl)cc(/C=C/C(=O)O)c1OCC(F)(F)F. The monoisotopic (exact) mass is 310 g/mol. The number of carboxylic acid groups (broad SMARTS) is 1. The molecule has 0 bridgehead atoms. The summed E-state index contributed by atoms with van der Waals surface area (Å²) in [5.74, 6) is -1.51. The maximum absolute atomic E-state index is 12.2. The van der Waals surface area contributed by atoms with Crippen LogP contribution in [0.15, 0.2) is 18.2 Å². The van der Waals surface area contributed by atoms with Crippen molar-refractivity contribution in [2.45, 2.75) is 6.18 Å². The van der Waals surface area contributed by atoms with E-state index < -0.39 is 18.8 Å². The van der Waals surface area contributed by atoms with Gasteiger partial charge in [0.15, 0.2) is 18.1 Å². The first-order valence-corrected chi connectivity index (χ1v) is 5.59. The lowest BCUT2D eigenvalue weighted by atomic mass is 10.1. The number of hydrogen-bond acceptors (Lipinski definition) is 3. The normalized spacial score (nSPS) is 11.7. The summed E-state index contributed by atoms with van der Waals surface area (Å²) in [6.07, 6.45) is -2.70. The molecule has 0 saturated heterocycles. The van der Waals surface area contributed by atoms with Gasteiger partial charge in [-0.25, -0.2) is 4.79 Å². The molecule has 0 aliphatic rings. The maximum atomic E-state index is 12.2. The summed E-state index contributed by atoms with van der Waals surface area (Å²) in [5, 5.41) is 8.72. The fraction of sp³-hybridized carbons (Fsp3) is 0.250. The van der Waals surface area contributed by atoms with Gasteiger partial charge in [0, 0.05) is 22.7 Å². The van der Waals surface area contributed by atoms with Gasteiger partial charge in [0.25, 0.3) is 0 Å². The molecule has 4 nitrogen and oxygen atoms in total. The van der Waals surface area contributed by atoms with Crippen LogP contribution in [0.4, 0.5) is 13.2 Å². The predicted molar refractivity (Wildman–Crippen MR) is 66.2 cm³/mol. The molecule has 0 radical (unpaired) electrons. The maximum Gasteiger partial charge on any atom is 0.422 e. The highest BCUT2D eigenvalue weighted by Crippen LogP contribution is 2.36. The zero-order valence-corrected chi connectivity index (χ0v) is 11.0. The molecule has 0 amide bonds. The van der Waals surface area contributed by atoms with Crippen molar-refractivity contribution in [3.8, 4) is 11.5 Å². The second kappa shape index (κ2) is 6.51. The number of halogens is 4. The fourth-order valence-corrected chi connectivity index (χ4v) is 1.55. The molecule has 0 saturated carbocycles. The summed E-state index contributed by atoms with van der Waals surface area (Å²) in [5.41, 5.74) is 0.0704. The third-order valence-electron chi connectivity index (χ3n) is 2.05. The summed E-state index contributed by atoms with van der Waals surface area (Å²) in [6.45, 7) is -1.53. The lowest BCUT2D eigenvalue weighted by molar-refractivity contribution is -0.153. The third-order valence-corrected chi connectivity index (χ3v) is 2.27. The van der Waals surface area contributed by atoms with Crippen LogP contribution in [0.25, 0.3) is 6.08 Å². The first-order chi connectivity index (χ1) is 9.23. The van der Waals surface area contributed by atoms with Crippen LogP contribution in [0.3, 0.4) is 0 Å². The number of alkyl halides is 3. The molecule has 1 aromatic carbocycles. The summed E-state index contributed by atoms with van der Waals surface area (Å²) < 4.78 is 46.1. The minimum Gasteiger partial charge on any atom is -0.493 e. The van der Waals surface area contributed by atoms with Gasteiger partial charge in [0.05, 0.1) is 7.11 Å². The summed E-state index contributed by atoms with van der Waals surface area (Å²) in [4.78, 5) is 10.5. The van der Waals surface area contributed by atoms with Crippen LogP contribution >= 0.6 is 11.6 Å². The van der Waals surface area contributed by atoms with E-state index in [0.29, 0.717) is 0 Å². The van der Waals surface area contributed by atoms with E-state index in [-0.39, 0.29) is 22.1 Å². The molecule has 0 spiro atoms. The number of rotatable bonds is 5. The number of carbonyl (C=O) groups is 1. The molecule has 0 aromatic heterocycles. The van der Waals surface area contributed by atoms with Crippen LogP contribution in [0.5, 0.6) is 11.5 Å². The number of carboxylic acids is 1. The quantitative estimate of drug-likeness (QED) is 0.847. The Balaban J connectivity index is 3.18. The van der Waals surface area contributed by atoms with E-state index in [1.165, 1.54) is 19.2 Å². The Labute approximate surface area is 117 Å². The van der Waals surface area contributed by atoms with Crippen molar-refractivity contribution in [1.29, 1.82) is 0 Å². The van der Waals surface area contributed by atoms with Gasteiger partial charge in [0.2, 0.25) is 0 Å². The molecule has 0 aliphatic carbocycles. The zero-order chi connectivity index (χ0) is 15.3. The van der Waals surface area contributed by atoms with E-state index in [1.807, 2.05) is 0 Å². The number of hydrogen-bond donors (Lipinski definition) is 1. The van der Waals surface area contributed by atoms with Crippen LogP contribution < -0.4 is 9.47 Å². The first kappa shape index (κ1) is 16.2. The Bertz CT molecular complexity index is 526. The molecule has 20 heavy (non-hydrogen) atoms. The lowest BCUT2D eigenvalue weighted by Crippen LogP contribution is -2.19. The van der Waals surface area contributed by atoms with Gasteiger partial charge < -0.3 is 14.6 Å². The summed E-state index contributed by atoms with van der Waals surface area (Å²) >= 11 is 5.77. The number of ether oxygens (including phenoxy) is 2. The number of methoxy groups -OCH3 is 1. The van der Waals surface area contributed by atoms with Crippen LogP contribution in [-0.4, -0.2) is 31.0 Å². The first-order valence-electron chi connectivity index (χ1n) is 5.21. The second-order valence-corrected chi connectivity index (χ2v) is 4.04. The Hall–Kier alpha value is -1.89. The highest BCUT2D eigenvalue weighted by Gasteiger charge is 2.29. The van der Waals surface area contributed by atoms with Gasteiger partial charge in [-0.1, -0.05) is 11.6 Å². The van der Waals surface area contributed by atoms with Crippen molar-refractivity contribution in [3.63, 3.8) is 0 Å². The highest BCUT2D eigenvalue weighted by atomic mass is 35.5. The number of benzene rings is 1. The largest absolute Gasteiger partial charge is 0.493 e. The average Bonchev–Trinajstić information content (AvgIpc) is 2.32. The van der Waals surface area contributed by atoms with Gasteiger partial charge in [-0.15, -0.1) is 0 Å². The Morgan fingerprint density at radius 1 is 1.45 bits per heavy atom. The van der Waals surface area contributed by atoms with Gasteiger partial charge in [-0.2, -0.15) is 13.2 Å². The molecule has 0 heterocycles. The van der Waals surface area contributed by atoms with Gasteiger partial charge in [-0.3, -0.25) is 0 Å². The average molecular weight is 311 g/mol. The molecule has 1 aromatic rings. The van der Waals surface area contributed by atoms with E-state index in [2.05, 4.69) is 4.74 Å². The Morgan fingerprint density at radius 3 is 2.60 bits per heavy atom. The minimum absolute atomic E-state index is 0.0215. The molecular formula is C12H10ClF3O4. The van der Waals surface area contributed by atoms with Crippen LogP contribution in [0.2, 0.25) is 5.02 Å². The topological polar surface area (TPSA) is 55.8 Å². The zero-order valence-electron chi connectivity index (χ0n) is 10.2. The molecule has 8 heteroatoms. The van der Waals surface area contributed by atoms with Crippen LogP contribution in [0.1, 0.15) is 5.56 Å². The predicted octanol–water partition coefficient (Wildman–Crippen LogP) is 3.39. The Morgan fingerprint density at radius 2 is 2.10 bits per heavy atom. The smallest absolute Gasteiger partial charge is 0.422 e. The van der Waals surface area contributed by atoms with Crippen LogP contribution in [-0.2, 0) is 4.79 Å². The molecule has 0 fully saturated rings. The van der Waals surface area contributed by atoms with Crippen molar-refractivity contribution in [3.05, 3.63) is 28.8 Å². The molecule has 1 N–H and O–H groups in total. The summed E-state index contributed by atoms with van der Waals surface area (Å²) in [6, 6.07) is 2.54. The molecule has 0 atom stereocenters. The molecule has 1 rings (SSSR count). The fourth-order valence-electron chi connectivity index (χ4n) is 1.33. The van der Waals surface area contributed by atoms with E-state index in [9.17, 15) is 18.0 Å². The van der Waals surface area contributed by atoms with Crippen molar-refractivity contribution < 1.29 is 32.5 Å². The van der Waals surface area contributed by atoms with Gasteiger partial charge in [-0.05, 0) is 12.1 Å². The van der Waals surface area contributed by atoms with Crippen molar-refractivity contribution in [2.75, 3.05) is 13.7 Å². The van der Waals surface area contributed by atoms with Crippen molar-refractivity contribution in [1.82, 2.24) is 0 Å². The third kappa shape index (κ3) is 5.00. The van der Waals surface area contributed by atoms with Gasteiger partial charge >= 0.3 is 12.1 Å². The molecule has 0 aliphatic heterocycles. The second-order valence-electron chi connectivity index (χ2n) is 3.60. The lowest BCUT2D eigenvalue weighted by Gasteiger charge is -2.15. The molecule has 110 valence electrons. The van der Waals surface area contributed by atoms with E-state index in [1.54, 1.807) is 0 Å². The molecule has 0 unspecified atom stereocenters. The Kier molecular flexibility index (Phi) is 5.26. The highest BCUT2D eigenvalue weighted by molar-refractivity contribution is 6.31. The van der Waals surface area contributed by atoms with Crippen molar-refractivity contribution in [2.24, 2.45) is 0 Å². The van der Waals surface area contributed by atoms with E-state index in [0.717, 1.165) is 12.2 Å². The minimum atomic E-state index is -4.53. The van der Waals surface area contributed by atoms with Crippen molar-refractivity contribution >= 4 is 23.6 Å². The summed E-state index contributed by atoms with van der Waals surface area (Å²) in [7, 11) is 1.23. The van der Waals surface area contributed by atoms with Gasteiger partial charge in [0.1, 0.15) is 0 Å². The van der Waals surface area contributed by atoms with E-state index >= 15 is 0 Å². The van der Waals surface area contributed by atoms with E-state index in [4.69, 9.17) is 21.4 Å².